The number of carboxylic acid groups (broad SMARTS) is 1. The molecule has 7 heteroatoms. The third kappa shape index (κ3) is 6.48. The van der Waals surface area contributed by atoms with E-state index in [0.29, 0.717) is 17.2 Å². The molecular formula is C19H19F2NO3S. The molecule has 0 aliphatic rings. The number of benzene rings is 2. The van der Waals surface area contributed by atoms with Crippen molar-refractivity contribution in [2.75, 3.05) is 11.1 Å². The van der Waals surface area contributed by atoms with Crippen LogP contribution in [0.25, 0.3) is 0 Å². The van der Waals surface area contributed by atoms with Crippen molar-refractivity contribution < 1.29 is 23.5 Å². The fourth-order valence-electron chi connectivity index (χ4n) is 2.30. The Labute approximate surface area is 154 Å². The molecule has 0 heterocycles. The summed E-state index contributed by atoms with van der Waals surface area (Å²) < 4.78 is 26.7. The lowest BCUT2D eigenvalue weighted by molar-refractivity contribution is -0.136. The number of carboxylic acids is 1. The number of amides is 1. The molecule has 0 aliphatic carbocycles. The van der Waals surface area contributed by atoms with Gasteiger partial charge in [0.1, 0.15) is 0 Å². The molecule has 0 spiro atoms. The molecule has 2 rings (SSSR count). The van der Waals surface area contributed by atoms with Crippen molar-refractivity contribution in [2.24, 2.45) is 0 Å². The first-order chi connectivity index (χ1) is 12.5. The number of rotatable bonds is 9. The predicted octanol–water partition coefficient (Wildman–Crippen LogP) is 4.24. The molecule has 0 saturated carbocycles. The lowest BCUT2D eigenvalue weighted by Gasteiger charge is -2.08. The van der Waals surface area contributed by atoms with Gasteiger partial charge in [0.25, 0.3) is 0 Å². The van der Waals surface area contributed by atoms with Gasteiger partial charge in [0.05, 0.1) is 6.42 Å². The Morgan fingerprint density at radius 1 is 1.08 bits per heavy atom. The molecule has 0 radical (unpaired) electrons. The SMILES string of the molecule is O=C(O)CCSCc1cccc(NC(=O)CCc2cccc(F)c2F)c1. The highest BCUT2D eigenvalue weighted by molar-refractivity contribution is 7.98. The van der Waals surface area contributed by atoms with E-state index in [4.69, 9.17) is 5.11 Å². The molecule has 138 valence electrons. The fraction of sp³-hybridized carbons (Fsp3) is 0.263. The first kappa shape index (κ1) is 19.9. The van der Waals surface area contributed by atoms with Crippen molar-refractivity contribution in [1.82, 2.24) is 0 Å². The highest BCUT2D eigenvalue weighted by atomic mass is 32.2. The number of anilines is 1. The molecule has 0 bridgehead atoms. The van der Waals surface area contributed by atoms with Gasteiger partial charge in [0.2, 0.25) is 5.91 Å². The van der Waals surface area contributed by atoms with E-state index in [1.54, 1.807) is 12.1 Å². The quantitative estimate of drug-likeness (QED) is 0.640. The zero-order chi connectivity index (χ0) is 18.9. The molecule has 4 nitrogen and oxygen atoms in total. The summed E-state index contributed by atoms with van der Waals surface area (Å²) in [5, 5.41) is 11.4. The van der Waals surface area contributed by atoms with Gasteiger partial charge in [-0.3, -0.25) is 9.59 Å². The van der Waals surface area contributed by atoms with E-state index in [-0.39, 0.29) is 30.7 Å². The lowest BCUT2D eigenvalue weighted by atomic mass is 10.1. The van der Waals surface area contributed by atoms with Gasteiger partial charge in [-0.05, 0) is 35.7 Å². The number of nitrogens with one attached hydrogen (secondary N) is 1. The molecule has 1 amide bonds. The summed E-state index contributed by atoms with van der Waals surface area (Å²) in [7, 11) is 0. The molecule has 0 saturated heterocycles. The molecule has 2 N–H and O–H groups in total. The van der Waals surface area contributed by atoms with Crippen LogP contribution in [-0.4, -0.2) is 22.7 Å². The summed E-state index contributed by atoms with van der Waals surface area (Å²) in [5.41, 5.74) is 1.75. The molecule has 0 aliphatic heterocycles. The van der Waals surface area contributed by atoms with Gasteiger partial charge in [0.15, 0.2) is 11.6 Å². The molecular weight excluding hydrogens is 360 g/mol. The van der Waals surface area contributed by atoms with Crippen LogP contribution < -0.4 is 5.32 Å². The number of aryl methyl sites for hydroxylation is 1. The van der Waals surface area contributed by atoms with Crippen LogP contribution in [0.5, 0.6) is 0 Å². The minimum atomic E-state index is -0.920. The van der Waals surface area contributed by atoms with E-state index in [1.807, 2.05) is 12.1 Å². The second-order valence-corrected chi connectivity index (χ2v) is 6.76. The van der Waals surface area contributed by atoms with E-state index in [9.17, 15) is 18.4 Å². The van der Waals surface area contributed by atoms with Crippen LogP contribution in [0.1, 0.15) is 24.0 Å². The zero-order valence-corrected chi connectivity index (χ0v) is 14.8. The van der Waals surface area contributed by atoms with Gasteiger partial charge in [0, 0.05) is 23.6 Å². The van der Waals surface area contributed by atoms with Crippen molar-refractivity contribution in [3.05, 3.63) is 65.2 Å². The second-order valence-electron chi connectivity index (χ2n) is 5.66. The number of halogens is 2. The van der Waals surface area contributed by atoms with Crippen molar-refractivity contribution in [1.29, 1.82) is 0 Å². The average molecular weight is 379 g/mol. The standard InChI is InChI=1S/C19H19F2NO3S/c20-16-6-2-4-14(19(16)21)7-8-17(23)22-15-5-1-3-13(11-15)12-26-10-9-18(24)25/h1-6,11H,7-10,12H2,(H,22,23)(H,24,25). The summed E-state index contributed by atoms with van der Waals surface area (Å²) >= 11 is 1.50. The normalized spacial score (nSPS) is 10.5. The van der Waals surface area contributed by atoms with Crippen LogP contribution in [0.2, 0.25) is 0 Å². The second kappa shape index (κ2) is 9.91. The maximum Gasteiger partial charge on any atom is 0.304 e. The van der Waals surface area contributed by atoms with E-state index in [0.717, 1.165) is 11.6 Å². The lowest BCUT2D eigenvalue weighted by Crippen LogP contribution is -2.13. The van der Waals surface area contributed by atoms with E-state index in [1.165, 1.54) is 23.9 Å². The van der Waals surface area contributed by atoms with E-state index < -0.39 is 17.6 Å². The van der Waals surface area contributed by atoms with Gasteiger partial charge in [-0.15, -0.1) is 0 Å². The Balaban J connectivity index is 1.83. The minimum absolute atomic E-state index is 0.0396. The number of thioether (sulfide) groups is 1. The van der Waals surface area contributed by atoms with Crippen LogP contribution in [0.3, 0.4) is 0 Å². The summed E-state index contributed by atoms with van der Waals surface area (Å²) in [6, 6.07) is 11.2. The Bertz CT molecular complexity index is 783. The minimum Gasteiger partial charge on any atom is -0.481 e. The van der Waals surface area contributed by atoms with Crippen LogP contribution in [0, 0.1) is 11.6 Å². The zero-order valence-electron chi connectivity index (χ0n) is 14.0. The number of aliphatic carboxylic acids is 1. The molecule has 2 aromatic carbocycles. The Hall–Kier alpha value is -2.41. The summed E-state index contributed by atoms with van der Waals surface area (Å²) in [4.78, 5) is 22.5. The Morgan fingerprint density at radius 2 is 1.85 bits per heavy atom. The predicted molar refractivity (Wildman–Crippen MR) is 98.2 cm³/mol. The number of carbonyl (C=O) groups is 2. The van der Waals surface area contributed by atoms with E-state index in [2.05, 4.69) is 5.32 Å². The summed E-state index contributed by atoms with van der Waals surface area (Å²) in [6.07, 6.45) is 0.260. The highest BCUT2D eigenvalue weighted by Crippen LogP contribution is 2.18. The molecule has 0 aromatic heterocycles. The molecule has 26 heavy (non-hydrogen) atoms. The van der Waals surface area contributed by atoms with Crippen LogP contribution in [0.4, 0.5) is 14.5 Å². The maximum absolute atomic E-state index is 13.6. The average Bonchev–Trinajstić information content (AvgIpc) is 2.60. The first-order valence-corrected chi connectivity index (χ1v) is 9.22. The van der Waals surface area contributed by atoms with E-state index >= 15 is 0 Å². The van der Waals surface area contributed by atoms with Crippen molar-refractivity contribution in [3.63, 3.8) is 0 Å². The van der Waals surface area contributed by atoms with Crippen LogP contribution in [-0.2, 0) is 21.8 Å². The number of hydrogen-bond donors (Lipinski definition) is 2. The summed E-state index contributed by atoms with van der Waals surface area (Å²) in [5.74, 6) is -1.79. The Morgan fingerprint density at radius 3 is 2.62 bits per heavy atom. The largest absolute Gasteiger partial charge is 0.481 e. The molecule has 0 unspecified atom stereocenters. The third-order valence-corrected chi connectivity index (χ3v) is 4.62. The van der Waals surface area contributed by atoms with Crippen LogP contribution in [0.15, 0.2) is 42.5 Å². The van der Waals surface area contributed by atoms with Crippen LogP contribution >= 0.6 is 11.8 Å². The highest BCUT2D eigenvalue weighted by Gasteiger charge is 2.10. The van der Waals surface area contributed by atoms with Crippen molar-refractivity contribution in [2.45, 2.75) is 25.0 Å². The maximum atomic E-state index is 13.6. The Kier molecular flexibility index (Phi) is 7.59. The smallest absolute Gasteiger partial charge is 0.304 e. The molecule has 0 fully saturated rings. The molecule has 2 aromatic rings. The number of hydrogen-bond acceptors (Lipinski definition) is 3. The first-order valence-electron chi connectivity index (χ1n) is 8.07. The van der Waals surface area contributed by atoms with Gasteiger partial charge >= 0.3 is 5.97 Å². The third-order valence-electron chi connectivity index (χ3n) is 3.59. The van der Waals surface area contributed by atoms with Gasteiger partial charge < -0.3 is 10.4 Å². The number of carbonyl (C=O) groups excluding carboxylic acids is 1. The monoisotopic (exact) mass is 379 g/mol. The van der Waals surface area contributed by atoms with Gasteiger partial charge in [-0.2, -0.15) is 11.8 Å². The van der Waals surface area contributed by atoms with Crippen molar-refractivity contribution in [3.8, 4) is 0 Å². The topological polar surface area (TPSA) is 66.4 Å². The van der Waals surface area contributed by atoms with Crippen molar-refractivity contribution >= 4 is 29.3 Å². The van der Waals surface area contributed by atoms with Gasteiger partial charge in [-0.25, -0.2) is 8.78 Å². The fourth-order valence-corrected chi connectivity index (χ4v) is 3.18. The van der Waals surface area contributed by atoms with Gasteiger partial charge in [-0.1, -0.05) is 24.3 Å². The molecule has 0 atom stereocenters. The summed E-state index contributed by atoms with van der Waals surface area (Å²) in [6.45, 7) is 0.